The molecule has 0 aliphatic heterocycles. The van der Waals surface area contributed by atoms with Gasteiger partial charge in [0.05, 0.1) is 12.0 Å². The third-order valence-electron chi connectivity index (χ3n) is 5.25. The zero-order chi connectivity index (χ0) is 23.1. The summed E-state index contributed by atoms with van der Waals surface area (Å²) in [7, 11) is -2.42. The van der Waals surface area contributed by atoms with Gasteiger partial charge in [0, 0.05) is 5.69 Å². The van der Waals surface area contributed by atoms with Crippen LogP contribution in [0.4, 0.5) is 5.69 Å². The summed E-state index contributed by atoms with van der Waals surface area (Å²) in [4.78, 5) is 13.4. The summed E-state index contributed by atoms with van der Waals surface area (Å²) < 4.78 is 33.8. The van der Waals surface area contributed by atoms with E-state index in [9.17, 15) is 13.2 Å². The van der Waals surface area contributed by atoms with Crippen LogP contribution in [0.15, 0.2) is 77.7 Å². The number of hydrogen-bond donors (Lipinski definition) is 2. The fourth-order valence-electron chi connectivity index (χ4n) is 3.46. The molecule has 0 aromatic heterocycles. The van der Waals surface area contributed by atoms with Gasteiger partial charge in [-0.3, -0.25) is 4.79 Å². The quantitative estimate of drug-likeness (QED) is 0.512. The zero-order valence-corrected chi connectivity index (χ0v) is 19.3. The van der Waals surface area contributed by atoms with E-state index in [1.807, 2.05) is 62.4 Å². The monoisotopic (exact) mass is 452 g/mol. The molecule has 0 saturated heterocycles. The molecule has 168 valence electrons. The van der Waals surface area contributed by atoms with Crippen LogP contribution in [0, 0.1) is 6.92 Å². The molecule has 0 bridgehead atoms. The third kappa shape index (κ3) is 5.75. The number of sulfonamides is 1. The molecule has 1 atom stereocenters. The van der Waals surface area contributed by atoms with Crippen molar-refractivity contribution in [3.05, 3.63) is 89.5 Å². The van der Waals surface area contributed by atoms with E-state index in [2.05, 4.69) is 10.0 Å². The lowest BCUT2D eigenvalue weighted by molar-refractivity contribution is -0.117. The average Bonchev–Trinajstić information content (AvgIpc) is 2.80. The second-order valence-corrected chi connectivity index (χ2v) is 9.20. The summed E-state index contributed by atoms with van der Waals surface area (Å²) in [5.74, 6) is 0.143. The molecule has 0 radical (unpaired) electrons. The van der Waals surface area contributed by atoms with Gasteiger partial charge in [-0.05, 0) is 60.7 Å². The number of para-hydroxylation sites is 1. The minimum atomic E-state index is -3.93. The summed E-state index contributed by atoms with van der Waals surface area (Å²) in [6.07, 6.45) is 0.966. The van der Waals surface area contributed by atoms with Crippen molar-refractivity contribution in [1.82, 2.24) is 4.72 Å². The Morgan fingerprint density at radius 3 is 2.28 bits per heavy atom. The Labute approximate surface area is 189 Å². The van der Waals surface area contributed by atoms with E-state index in [4.69, 9.17) is 4.74 Å². The van der Waals surface area contributed by atoms with Gasteiger partial charge in [0.25, 0.3) is 0 Å². The fraction of sp³-hybridized carbons (Fsp3) is 0.240. The molecule has 0 aliphatic rings. The first-order chi connectivity index (χ1) is 15.3. The molecule has 0 heterocycles. The molecule has 0 saturated carbocycles. The number of carbonyl (C=O) groups is 1. The number of ether oxygens (including phenoxy) is 1. The van der Waals surface area contributed by atoms with Crippen molar-refractivity contribution in [3.63, 3.8) is 0 Å². The minimum Gasteiger partial charge on any atom is -0.497 e. The molecule has 7 heteroatoms. The van der Waals surface area contributed by atoms with Gasteiger partial charge in [-0.25, -0.2) is 8.42 Å². The number of amides is 1. The highest BCUT2D eigenvalue weighted by Gasteiger charge is 2.27. The molecule has 0 spiro atoms. The summed E-state index contributed by atoms with van der Waals surface area (Å²) in [5, 5.41) is 2.96. The number of benzene rings is 3. The van der Waals surface area contributed by atoms with E-state index in [0.29, 0.717) is 5.75 Å². The largest absolute Gasteiger partial charge is 0.497 e. The van der Waals surface area contributed by atoms with Crippen LogP contribution in [0.1, 0.15) is 23.6 Å². The molecule has 3 aromatic carbocycles. The summed E-state index contributed by atoms with van der Waals surface area (Å²) in [6, 6.07) is 20.2. The molecule has 3 rings (SSSR count). The van der Waals surface area contributed by atoms with Crippen molar-refractivity contribution < 1.29 is 17.9 Å². The molecule has 6 nitrogen and oxygen atoms in total. The highest BCUT2D eigenvalue weighted by atomic mass is 32.2. The predicted molar refractivity (Wildman–Crippen MR) is 126 cm³/mol. The Hall–Kier alpha value is -3.16. The normalized spacial score (nSPS) is 12.2. The third-order valence-corrected chi connectivity index (χ3v) is 6.74. The Bertz CT molecular complexity index is 1160. The van der Waals surface area contributed by atoms with Gasteiger partial charge in [-0.2, -0.15) is 4.72 Å². The second-order valence-electron chi connectivity index (χ2n) is 7.49. The maximum absolute atomic E-state index is 13.3. The molecule has 0 aliphatic carbocycles. The van der Waals surface area contributed by atoms with E-state index in [1.54, 1.807) is 12.1 Å². The lowest BCUT2D eigenvalue weighted by Crippen LogP contribution is -2.45. The highest BCUT2D eigenvalue weighted by Crippen LogP contribution is 2.22. The smallest absolute Gasteiger partial charge is 0.242 e. The Morgan fingerprint density at radius 1 is 0.969 bits per heavy atom. The molecular formula is C25H28N2O4S. The number of hydrogen-bond acceptors (Lipinski definition) is 4. The molecule has 32 heavy (non-hydrogen) atoms. The van der Waals surface area contributed by atoms with Crippen LogP contribution in [-0.2, 0) is 27.7 Å². The number of carbonyl (C=O) groups excluding carboxylic acids is 1. The summed E-state index contributed by atoms with van der Waals surface area (Å²) in [5.41, 5.74) is 3.50. The van der Waals surface area contributed by atoms with E-state index < -0.39 is 22.0 Å². The van der Waals surface area contributed by atoms with Crippen molar-refractivity contribution in [2.24, 2.45) is 0 Å². The lowest BCUT2D eigenvalue weighted by atomic mass is 10.0. The molecule has 1 unspecified atom stereocenters. The van der Waals surface area contributed by atoms with Crippen LogP contribution in [0.3, 0.4) is 0 Å². The van der Waals surface area contributed by atoms with Gasteiger partial charge < -0.3 is 10.1 Å². The van der Waals surface area contributed by atoms with Gasteiger partial charge >= 0.3 is 0 Å². The Balaban J connectivity index is 1.90. The zero-order valence-electron chi connectivity index (χ0n) is 18.5. The highest BCUT2D eigenvalue weighted by molar-refractivity contribution is 7.89. The van der Waals surface area contributed by atoms with Crippen molar-refractivity contribution in [2.75, 3.05) is 12.4 Å². The SMILES string of the molecule is CCc1cccc(C)c1NC(=O)C(Cc1ccccc1)NS(=O)(=O)c1ccc(OC)cc1. The van der Waals surface area contributed by atoms with E-state index in [-0.39, 0.29) is 11.3 Å². The molecule has 1 amide bonds. The molecule has 0 fully saturated rings. The van der Waals surface area contributed by atoms with Crippen LogP contribution in [-0.4, -0.2) is 27.5 Å². The molecular weight excluding hydrogens is 424 g/mol. The van der Waals surface area contributed by atoms with Gasteiger partial charge in [0.2, 0.25) is 15.9 Å². The van der Waals surface area contributed by atoms with Crippen molar-refractivity contribution in [3.8, 4) is 5.75 Å². The Kier molecular flexibility index (Phi) is 7.66. The first-order valence-electron chi connectivity index (χ1n) is 10.4. The van der Waals surface area contributed by atoms with Crippen LogP contribution in [0.25, 0.3) is 0 Å². The van der Waals surface area contributed by atoms with E-state index in [0.717, 1.165) is 28.8 Å². The maximum atomic E-state index is 13.3. The topological polar surface area (TPSA) is 84.5 Å². The second kappa shape index (κ2) is 10.4. The standard InChI is InChI=1S/C25H28N2O4S/c1-4-20-12-8-9-18(2)24(20)26-25(28)23(17-19-10-6-5-7-11-19)27-32(29,30)22-15-13-21(31-3)14-16-22/h5-16,23,27H,4,17H2,1-3H3,(H,26,28). The van der Waals surface area contributed by atoms with Crippen molar-refractivity contribution >= 4 is 21.6 Å². The van der Waals surface area contributed by atoms with Gasteiger partial charge in [-0.1, -0.05) is 55.5 Å². The molecule has 3 aromatic rings. The maximum Gasteiger partial charge on any atom is 0.242 e. The van der Waals surface area contributed by atoms with Gasteiger partial charge in [0.1, 0.15) is 11.8 Å². The van der Waals surface area contributed by atoms with Crippen molar-refractivity contribution in [1.29, 1.82) is 0 Å². The molecule has 2 N–H and O–H groups in total. The van der Waals surface area contributed by atoms with Crippen LogP contribution < -0.4 is 14.8 Å². The number of aryl methyl sites for hydroxylation is 2. The van der Waals surface area contributed by atoms with Crippen LogP contribution in [0.5, 0.6) is 5.75 Å². The van der Waals surface area contributed by atoms with E-state index >= 15 is 0 Å². The van der Waals surface area contributed by atoms with Crippen LogP contribution in [0.2, 0.25) is 0 Å². The lowest BCUT2D eigenvalue weighted by Gasteiger charge is -2.21. The number of nitrogens with one attached hydrogen (secondary N) is 2. The summed E-state index contributed by atoms with van der Waals surface area (Å²) >= 11 is 0. The average molecular weight is 453 g/mol. The summed E-state index contributed by atoms with van der Waals surface area (Å²) in [6.45, 7) is 3.93. The number of anilines is 1. The van der Waals surface area contributed by atoms with E-state index in [1.165, 1.54) is 19.2 Å². The van der Waals surface area contributed by atoms with Crippen molar-refractivity contribution in [2.45, 2.75) is 37.6 Å². The fourth-order valence-corrected chi connectivity index (χ4v) is 4.66. The predicted octanol–water partition coefficient (Wildman–Crippen LogP) is 4.09. The first-order valence-corrected chi connectivity index (χ1v) is 11.9. The minimum absolute atomic E-state index is 0.0642. The van der Waals surface area contributed by atoms with Gasteiger partial charge in [0.15, 0.2) is 0 Å². The first kappa shape index (κ1) is 23.5. The number of rotatable bonds is 9. The van der Waals surface area contributed by atoms with Crippen LogP contribution >= 0.6 is 0 Å². The number of methoxy groups -OCH3 is 1. The van der Waals surface area contributed by atoms with Gasteiger partial charge in [-0.15, -0.1) is 0 Å². The Morgan fingerprint density at radius 2 is 1.66 bits per heavy atom.